The van der Waals surface area contributed by atoms with Crippen molar-refractivity contribution in [3.63, 3.8) is 0 Å². The average Bonchev–Trinajstić information content (AvgIpc) is 2.11. The molecule has 0 aromatic carbocycles. The Balaban J connectivity index is 4.13. The molecular weight excluding hydrogens is 188 g/mol. The minimum Gasteiger partial charge on any atom is -0.326 e. The molecule has 0 spiro atoms. The fraction of sp³-hybridized carbons (Fsp3) is 1.00. The summed E-state index contributed by atoms with van der Waals surface area (Å²) in [6.07, 6.45) is 0. The lowest BCUT2D eigenvalue weighted by molar-refractivity contribution is 0.414. The van der Waals surface area contributed by atoms with Gasteiger partial charge in [0.25, 0.3) is 0 Å². The smallest absolute Gasteiger partial charge is 0.115 e. The number of nitrogens with zero attached hydrogens (tertiary/aromatic N) is 2. The Kier molecular flexibility index (Phi) is 7.50. The summed E-state index contributed by atoms with van der Waals surface area (Å²) in [5, 5.41) is 0. The fourth-order valence-electron chi connectivity index (χ4n) is 2.02. The van der Waals surface area contributed by atoms with Crippen LogP contribution in [0.25, 0.3) is 0 Å². The SMILES string of the molecule is CCN(CC)[SiH](CCN(C)C)C(C)C. The van der Waals surface area contributed by atoms with Gasteiger partial charge in [0.2, 0.25) is 0 Å². The van der Waals surface area contributed by atoms with Crippen molar-refractivity contribution in [2.45, 2.75) is 39.3 Å². The third-order valence-electron chi connectivity index (χ3n) is 2.92. The molecule has 0 saturated carbocycles. The third kappa shape index (κ3) is 5.13. The van der Waals surface area contributed by atoms with E-state index in [2.05, 4.69) is 51.3 Å². The lowest BCUT2D eigenvalue weighted by atomic mass is 10.6. The van der Waals surface area contributed by atoms with Crippen molar-refractivity contribution >= 4 is 8.96 Å². The van der Waals surface area contributed by atoms with Crippen LogP contribution in [0.1, 0.15) is 27.7 Å². The Morgan fingerprint density at radius 2 is 1.57 bits per heavy atom. The van der Waals surface area contributed by atoms with Crippen molar-refractivity contribution in [2.24, 2.45) is 0 Å². The first-order valence-corrected chi connectivity index (χ1v) is 7.91. The Bertz CT molecular complexity index is 133. The standard InChI is InChI=1S/C11H28N2Si/c1-7-13(8-2)14(11(3)4)10-9-12(5)6/h11,14H,7-10H2,1-6H3. The zero-order chi connectivity index (χ0) is 11.1. The summed E-state index contributed by atoms with van der Waals surface area (Å²) >= 11 is 0. The van der Waals surface area contributed by atoms with Crippen LogP contribution in [0, 0.1) is 0 Å². The van der Waals surface area contributed by atoms with Gasteiger partial charge in [0.1, 0.15) is 8.96 Å². The molecule has 0 fully saturated rings. The van der Waals surface area contributed by atoms with E-state index in [9.17, 15) is 0 Å². The summed E-state index contributed by atoms with van der Waals surface area (Å²) in [6.45, 7) is 13.1. The molecular formula is C11H28N2Si. The maximum absolute atomic E-state index is 2.72. The van der Waals surface area contributed by atoms with Gasteiger partial charge in [-0.3, -0.25) is 0 Å². The molecule has 0 bridgehead atoms. The Labute approximate surface area is 92.0 Å². The van der Waals surface area contributed by atoms with E-state index < -0.39 is 8.96 Å². The van der Waals surface area contributed by atoms with E-state index in [0.717, 1.165) is 5.54 Å². The molecule has 0 aliphatic rings. The number of hydrogen-bond donors (Lipinski definition) is 0. The monoisotopic (exact) mass is 216 g/mol. The van der Waals surface area contributed by atoms with Gasteiger partial charge in [-0.15, -0.1) is 0 Å². The van der Waals surface area contributed by atoms with Gasteiger partial charge in [-0.1, -0.05) is 27.7 Å². The van der Waals surface area contributed by atoms with Gasteiger partial charge in [-0.2, -0.15) is 0 Å². The van der Waals surface area contributed by atoms with Crippen LogP contribution < -0.4 is 0 Å². The molecule has 14 heavy (non-hydrogen) atoms. The highest BCUT2D eigenvalue weighted by Crippen LogP contribution is 2.15. The van der Waals surface area contributed by atoms with Crippen molar-refractivity contribution in [1.82, 2.24) is 9.47 Å². The summed E-state index contributed by atoms with van der Waals surface area (Å²) in [6, 6.07) is 1.42. The lowest BCUT2D eigenvalue weighted by Crippen LogP contribution is -2.42. The van der Waals surface area contributed by atoms with E-state index in [0.29, 0.717) is 0 Å². The molecule has 1 atom stereocenters. The Morgan fingerprint density at radius 3 is 1.86 bits per heavy atom. The third-order valence-corrected chi connectivity index (χ3v) is 6.98. The first-order chi connectivity index (χ1) is 6.52. The van der Waals surface area contributed by atoms with Gasteiger partial charge in [-0.05, 0) is 45.3 Å². The molecule has 0 heterocycles. The quantitative estimate of drug-likeness (QED) is 0.601. The van der Waals surface area contributed by atoms with Crippen molar-refractivity contribution in [1.29, 1.82) is 0 Å². The highest BCUT2D eigenvalue weighted by atomic mass is 28.3. The highest BCUT2D eigenvalue weighted by molar-refractivity contribution is 6.57. The van der Waals surface area contributed by atoms with E-state index >= 15 is 0 Å². The molecule has 3 heteroatoms. The summed E-state index contributed by atoms with van der Waals surface area (Å²) < 4.78 is 2.72. The highest BCUT2D eigenvalue weighted by Gasteiger charge is 2.20. The fourth-order valence-corrected chi connectivity index (χ4v) is 5.61. The largest absolute Gasteiger partial charge is 0.326 e. The molecule has 0 rings (SSSR count). The minimum atomic E-state index is -0.687. The molecule has 0 amide bonds. The van der Waals surface area contributed by atoms with E-state index in [1.165, 1.54) is 25.7 Å². The van der Waals surface area contributed by atoms with Crippen LogP contribution in [0.15, 0.2) is 0 Å². The van der Waals surface area contributed by atoms with Gasteiger partial charge in [0.05, 0.1) is 0 Å². The minimum absolute atomic E-state index is 0.687. The van der Waals surface area contributed by atoms with Gasteiger partial charge in [0, 0.05) is 0 Å². The topological polar surface area (TPSA) is 6.48 Å². The van der Waals surface area contributed by atoms with Crippen LogP contribution in [0.3, 0.4) is 0 Å². The van der Waals surface area contributed by atoms with Crippen molar-refractivity contribution < 1.29 is 0 Å². The van der Waals surface area contributed by atoms with Crippen LogP contribution in [-0.4, -0.2) is 52.2 Å². The molecule has 0 aromatic rings. The van der Waals surface area contributed by atoms with Crippen molar-refractivity contribution in [3.05, 3.63) is 0 Å². The zero-order valence-electron chi connectivity index (χ0n) is 10.9. The first kappa shape index (κ1) is 14.1. The molecule has 86 valence electrons. The van der Waals surface area contributed by atoms with Crippen LogP contribution in [0.2, 0.25) is 11.6 Å². The normalized spacial score (nSPS) is 14.4. The molecule has 2 nitrogen and oxygen atoms in total. The second-order valence-electron chi connectivity index (χ2n) is 4.62. The predicted octanol–water partition coefficient (Wildman–Crippen LogP) is 2.02. The second-order valence-corrected chi connectivity index (χ2v) is 8.40. The summed E-state index contributed by atoms with van der Waals surface area (Å²) in [5.41, 5.74) is 0.898. The van der Waals surface area contributed by atoms with Crippen LogP contribution in [0.5, 0.6) is 0 Å². The van der Waals surface area contributed by atoms with Crippen molar-refractivity contribution in [2.75, 3.05) is 33.7 Å². The molecule has 0 aliphatic carbocycles. The molecule has 0 radical (unpaired) electrons. The molecule has 1 unspecified atom stereocenters. The summed E-state index contributed by atoms with van der Waals surface area (Å²) in [4.78, 5) is 2.31. The van der Waals surface area contributed by atoms with E-state index in [1.54, 1.807) is 0 Å². The average molecular weight is 216 g/mol. The number of hydrogen-bond acceptors (Lipinski definition) is 2. The van der Waals surface area contributed by atoms with Gasteiger partial charge >= 0.3 is 0 Å². The lowest BCUT2D eigenvalue weighted by Gasteiger charge is -2.32. The van der Waals surface area contributed by atoms with E-state index in [4.69, 9.17) is 0 Å². The Hall–Kier alpha value is 0.137. The van der Waals surface area contributed by atoms with Gasteiger partial charge in [-0.25, -0.2) is 0 Å². The zero-order valence-corrected chi connectivity index (χ0v) is 12.0. The summed E-state index contributed by atoms with van der Waals surface area (Å²) in [5.74, 6) is 0. The second kappa shape index (κ2) is 7.43. The maximum atomic E-state index is 2.72. The van der Waals surface area contributed by atoms with Crippen LogP contribution in [0.4, 0.5) is 0 Å². The van der Waals surface area contributed by atoms with Crippen LogP contribution >= 0.6 is 0 Å². The number of rotatable bonds is 7. The molecule has 0 N–H and O–H groups in total. The molecule has 0 aromatic heterocycles. The van der Waals surface area contributed by atoms with Gasteiger partial charge < -0.3 is 9.47 Å². The predicted molar refractivity (Wildman–Crippen MR) is 68.5 cm³/mol. The van der Waals surface area contributed by atoms with E-state index in [1.807, 2.05) is 0 Å². The van der Waals surface area contributed by atoms with Crippen molar-refractivity contribution in [3.8, 4) is 0 Å². The molecule has 0 saturated heterocycles. The van der Waals surface area contributed by atoms with Crippen LogP contribution in [-0.2, 0) is 0 Å². The van der Waals surface area contributed by atoms with E-state index in [-0.39, 0.29) is 0 Å². The summed E-state index contributed by atoms with van der Waals surface area (Å²) in [7, 11) is 3.66. The van der Waals surface area contributed by atoms with Gasteiger partial charge in [0.15, 0.2) is 0 Å². The first-order valence-electron chi connectivity index (χ1n) is 5.91. The Morgan fingerprint density at radius 1 is 1.07 bits per heavy atom. The molecule has 0 aliphatic heterocycles. The maximum Gasteiger partial charge on any atom is 0.115 e.